The molecule has 0 saturated carbocycles. The Morgan fingerprint density at radius 1 is 1.03 bits per heavy atom. The number of halogens is 4. The van der Waals surface area contributed by atoms with Crippen molar-refractivity contribution in [2.24, 2.45) is 0 Å². The minimum absolute atomic E-state index is 0.139. The molecule has 13 heteroatoms. The van der Waals surface area contributed by atoms with Gasteiger partial charge >= 0.3 is 6.29 Å². The van der Waals surface area contributed by atoms with Crippen LogP contribution in [0, 0.1) is 5.82 Å². The first-order valence-electron chi connectivity index (χ1n) is 8.61. The average molecular weight is 479 g/mol. The van der Waals surface area contributed by atoms with Gasteiger partial charge in [0.2, 0.25) is 10.0 Å². The lowest BCUT2D eigenvalue weighted by atomic mass is 10.0. The number of benzene rings is 2. The molecule has 0 atom stereocenters. The molecular formula is C18H14ClF3N2O6S. The van der Waals surface area contributed by atoms with Crippen LogP contribution in [0.15, 0.2) is 24.3 Å². The van der Waals surface area contributed by atoms with E-state index in [0.29, 0.717) is 0 Å². The van der Waals surface area contributed by atoms with Gasteiger partial charge in [-0.2, -0.15) is 0 Å². The van der Waals surface area contributed by atoms with E-state index >= 15 is 4.39 Å². The van der Waals surface area contributed by atoms with Crippen LogP contribution in [0.2, 0.25) is 5.02 Å². The number of nitrogens with zero attached hydrogens (tertiary/aromatic N) is 1. The van der Waals surface area contributed by atoms with Gasteiger partial charge < -0.3 is 14.2 Å². The van der Waals surface area contributed by atoms with Gasteiger partial charge in [0.05, 0.1) is 22.7 Å². The summed E-state index contributed by atoms with van der Waals surface area (Å²) in [6.07, 6.45) is -3.04. The highest BCUT2D eigenvalue weighted by molar-refractivity contribution is 7.92. The van der Waals surface area contributed by atoms with E-state index in [0.717, 1.165) is 29.4 Å². The first-order valence-corrected chi connectivity index (χ1v) is 10.9. The van der Waals surface area contributed by atoms with E-state index in [4.69, 9.17) is 16.3 Å². The lowest BCUT2D eigenvalue weighted by molar-refractivity contribution is -0.286. The molecule has 166 valence electrons. The van der Waals surface area contributed by atoms with Crippen LogP contribution in [0.3, 0.4) is 0 Å². The first kappa shape index (κ1) is 21.4. The molecule has 2 aromatic carbocycles. The molecule has 2 aliphatic heterocycles. The Hall–Kier alpha value is -2.86. The van der Waals surface area contributed by atoms with E-state index < -0.39 is 39.4 Å². The first-order chi connectivity index (χ1) is 14.2. The summed E-state index contributed by atoms with van der Waals surface area (Å²) in [6, 6.07) is 4.07. The highest BCUT2D eigenvalue weighted by Gasteiger charge is 2.47. The van der Waals surface area contributed by atoms with Gasteiger partial charge in [-0.15, -0.1) is 8.78 Å². The summed E-state index contributed by atoms with van der Waals surface area (Å²) < 4.78 is 81.4. The largest absolute Gasteiger partial charge is 0.586 e. The summed E-state index contributed by atoms with van der Waals surface area (Å²) in [5, 5.41) is -0.199. The fourth-order valence-corrected chi connectivity index (χ4v) is 3.98. The highest BCUT2D eigenvalue weighted by Crippen LogP contribution is 2.51. The second-order valence-corrected chi connectivity index (χ2v) is 9.51. The van der Waals surface area contributed by atoms with Gasteiger partial charge in [-0.1, -0.05) is 11.6 Å². The van der Waals surface area contributed by atoms with Crippen LogP contribution < -0.4 is 23.8 Å². The second kappa shape index (κ2) is 6.57. The van der Waals surface area contributed by atoms with E-state index in [9.17, 15) is 22.0 Å². The molecule has 0 unspecified atom stereocenters. The Labute approximate surface area is 179 Å². The molecule has 2 aliphatic rings. The van der Waals surface area contributed by atoms with Crippen molar-refractivity contribution in [2.75, 3.05) is 15.9 Å². The normalized spacial score (nSPS) is 18.4. The summed E-state index contributed by atoms with van der Waals surface area (Å²) in [5.74, 6) is -2.71. The molecule has 2 aromatic rings. The van der Waals surface area contributed by atoms with E-state index in [2.05, 4.69) is 14.2 Å². The van der Waals surface area contributed by atoms with Crippen LogP contribution in [-0.2, 0) is 14.8 Å². The van der Waals surface area contributed by atoms with Crippen molar-refractivity contribution in [2.45, 2.75) is 25.7 Å². The summed E-state index contributed by atoms with van der Waals surface area (Å²) in [7, 11) is -3.73. The topological polar surface area (TPSA) is 94.2 Å². The van der Waals surface area contributed by atoms with Crippen LogP contribution in [0.25, 0.3) is 0 Å². The van der Waals surface area contributed by atoms with E-state index in [-0.39, 0.29) is 33.6 Å². The molecule has 2 heterocycles. The van der Waals surface area contributed by atoms with Crippen molar-refractivity contribution in [1.29, 1.82) is 0 Å². The summed E-state index contributed by atoms with van der Waals surface area (Å²) >= 11 is 6.20. The predicted octanol–water partition coefficient (Wildman–Crippen LogP) is 4.01. The van der Waals surface area contributed by atoms with Crippen LogP contribution in [0.1, 0.15) is 13.8 Å². The van der Waals surface area contributed by atoms with Gasteiger partial charge in [-0.3, -0.25) is 14.4 Å². The molecule has 31 heavy (non-hydrogen) atoms. The second-order valence-electron chi connectivity index (χ2n) is 7.35. The van der Waals surface area contributed by atoms with Gasteiger partial charge in [0.1, 0.15) is 11.4 Å². The molecule has 0 bridgehead atoms. The molecule has 0 spiro atoms. The quantitative estimate of drug-likeness (QED) is 0.716. The van der Waals surface area contributed by atoms with Crippen molar-refractivity contribution in [3.05, 3.63) is 35.1 Å². The minimum atomic E-state index is -3.92. The number of alkyl halides is 2. The fourth-order valence-electron chi connectivity index (χ4n) is 3.19. The van der Waals surface area contributed by atoms with Crippen molar-refractivity contribution >= 4 is 44.6 Å². The number of hydrogen-bond acceptors (Lipinski definition) is 6. The number of sulfonamides is 1. The van der Waals surface area contributed by atoms with Crippen molar-refractivity contribution in [3.63, 3.8) is 0 Å². The Bertz CT molecular complexity index is 1240. The Morgan fingerprint density at radius 3 is 2.26 bits per heavy atom. The number of carbonyl (C=O) groups is 1. The molecular weight excluding hydrogens is 465 g/mol. The molecule has 0 aromatic heterocycles. The molecule has 1 amide bonds. The lowest BCUT2D eigenvalue weighted by Gasteiger charge is -2.39. The van der Waals surface area contributed by atoms with E-state index in [1.54, 1.807) is 0 Å². The van der Waals surface area contributed by atoms with Crippen LogP contribution in [0.5, 0.6) is 17.2 Å². The van der Waals surface area contributed by atoms with Crippen LogP contribution in [0.4, 0.5) is 30.2 Å². The monoisotopic (exact) mass is 478 g/mol. The molecule has 0 saturated heterocycles. The third-order valence-electron chi connectivity index (χ3n) is 4.35. The number of nitrogens with one attached hydrogen (secondary N) is 1. The van der Waals surface area contributed by atoms with Crippen molar-refractivity contribution < 1.29 is 40.6 Å². The summed E-state index contributed by atoms with van der Waals surface area (Å²) in [5.41, 5.74) is -2.21. The number of rotatable bonds is 3. The lowest BCUT2D eigenvalue weighted by Crippen LogP contribution is -2.51. The number of ether oxygens (including phenoxy) is 3. The predicted molar refractivity (Wildman–Crippen MR) is 104 cm³/mol. The smallest absolute Gasteiger partial charge is 0.476 e. The molecule has 0 radical (unpaired) electrons. The highest BCUT2D eigenvalue weighted by atomic mass is 35.5. The van der Waals surface area contributed by atoms with E-state index in [1.807, 2.05) is 0 Å². The number of amides is 1. The molecule has 4 rings (SSSR count). The number of hydrogen-bond donors (Lipinski definition) is 1. The van der Waals surface area contributed by atoms with Gasteiger partial charge in [0.15, 0.2) is 22.9 Å². The zero-order valence-electron chi connectivity index (χ0n) is 16.1. The summed E-state index contributed by atoms with van der Waals surface area (Å²) in [4.78, 5) is 14.0. The maximum Gasteiger partial charge on any atom is 0.586 e. The zero-order chi connectivity index (χ0) is 22.9. The number of fused-ring (bicyclic) bond motifs is 2. The van der Waals surface area contributed by atoms with Gasteiger partial charge in [0.25, 0.3) is 5.91 Å². The van der Waals surface area contributed by atoms with Crippen molar-refractivity contribution in [1.82, 2.24) is 0 Å². The number of anilines is 3. The summed E-state index contributed by atoms with van der Waals surface area (Å²) in [6.45, 7) is 2.80. The standard InChI is InChI=1S/C18H14ClF3N2O6S/c1-17(2)16(25)24(11-7-13-12(6-9(11)19)29-18(21,22)30-13)15-10(20)4-8(5-14(15)28-17)23-31(3,26)27/h4-7,23H,1-3H3. The Morgan fingerprint density at radius 2 is 1.65 bits per heavy atom. The molecule has 0 fully saturated rings. The maximum atomic E-state index is 15.1. The molecule has 1 N–H and O–H groups in total. The Kier molecular flexibility index (Phi) is 4.53. The average Bonchev–Trinajstić information content (AvgIpc) is 2.87. The van der Waals surface area contributed by atoms with E-state index in [1.165, 1.54) is 19.9 Å². The zero-order valence-corrected chi connectivity index (χ0v) is 17.7. The van der Waals surface area contributed by atoms with Gasteiger partial charge in [0, 0.05) is 24.3 Å². The van der Waals surface area contributed by atoms with Crippen LogP contribution in [-0.4, -0.2) is 32.5 Å². The maximum absolute atomic E-state index is 15.1. The third kappa shape index (κ3) is 3.81. The van der Waals surface area contributed by atoms with Crippen molar-refractivity contribution in [3.8, 4) is 17.2 Å². The third-order valence-corrected chi connectivity index (χ3v) is 5.26. The molecule has 8 nitrogen and oxygen atoms in total. The SMILES string of the molecule is CC1(C)Oc2cc(NS(C)(=O)=O)cc(F)c2N(c2cc3c(cc2Cl)OC(F)(F)O3)C1=O. The Balaban J connectivity index is 1.90. The minimum Gasteiger partial charge on any atom is -0.476 e. The fraction of sp³-hybridized carbons (Fsp3) is 0.278. The van der Waals surface area contributed by atoms with Gasteiger partial charge in [-0.25, -0.2) is 12.8 Å². The number of carbonyl (C=O) groups excluding carboxylic acids is 1. The molecule has 0 aliphatic carbocycles. The van der Waals surface area contributed by atoms with Gasteiger partial charge in [-0.05, 0) is 13.8 Å². The van der Waals surface area contributed by atoms with Crippen LogP contribution >= 0.6 is 11.6 Å².